The first-order valence-electron chi connectivity index (χ1n) is 0.667. The van der Waals surface area contributed by atoms with Gasteiger partial charge in [-0.25, -0.2) is 0 Å². The molecule has 0 spiro atoms. The second-order valence-corrected chi connectivity index (χ2v) is 1.22. The maximum absolute atomic E-state index is 8.52. The average Bonchev–Trinajstić information content (AvgIpc) is 0.722. The van der Waals surface area contributed by atoms with Gasteiger partial charge >= 0.3 is 17.1 Å². The van der Waals surface area contributed by atoms with Crippen molar-refractivity contribution in [3.05, 3.63) is 0 Å². The number of hydrogen-bond donors (Lipinski definition) is 1. The van der Waals surface area contributed by atoms with E-state index in [0.29, 0.717) is 0 Å². The van der Waals surface area contributed by atoms with Crippen LogP contribution >= 0.6 is 0 Å². The van der Waals surface area contributed by atoms with Crippen LogP contribution in [0.15, 0.2) is 0 Å². The quantitative estimate of drug-likeness (QED) is 0.240. The maximum Gasteiger partial charge on any atom is 2.00 e. The third-order valence-corrected chi connectivity index (χ3v) is 0. The van der Waals surface area contributed by atoms with Gasteiger partial charge in [-0.15, -0.1) is 0 Å². The van der Waals surface area contributed by atoms with Crippen LogP contribution in [0.2, 0.25) is 0 Å². The summed E-state index contributed by atoms with van der Waals surface area (Å²) in [6.07, 6.45) is 0. The molecule has 0 fully saturated rings. The SMILES string of the molecule is N.O.O.O.O.O.O.O.O.O.O.O.O.O=S(=O)([O-])[O-].[Fe+2]. The van der Waals surface area contributed by atoms with Gasteiger partial charge in [0, 0.05) is 10.4 Å². The van der Waals surface area contributed by atoms with Gasteiger partial charge < -0.3 is 81.0 Å². The molecule has 0 aliphatic carbocycles. The van der Waals surface area contributed by atoms with Gasteiger partial charge in [-0.2, -0.15) is 0 Å². The van der Waals surface area contributed by atoms with Gasteiger partial charge in [0.1, 0.15) is 0 Å². The predicted octanol–water partition coefficient (Wildman–Crippen LogP) is -11.1. The molecule has 0 radical (unpaired) electrons. The topological polar surface area (TPSA) is 493 Å². The van der Waals surface area contributed by atoms with E-state index in [1.165, 1.54) is 0 Å². The predicted molar refractivity (Wildman–Crippen MR) is 58.9 cm³/mol. The van der Waals surface area contributed by atoms with Crippen LogP contribution < -0.4 is 6.15 Å². The molecule has 27 N–H and O–H groups in total. The largest absolute Gasteiger partial charge is 2.00 e. The second-order valence-electron chi connectivity index (χ2n) is 0.408. The van der Waals surface area contributed by atoms with Crippen LogP contribution in [0.1, 0.15) is 0 Å². The fourth-order valence-electron chi connectivity index (χ4n) is 0. The first-order valence-corrected chi connectivity index (χ1v) is 2.00. The third-order valence-electron chi connectivity index (χ3n) is 0. The zero-order valence-corrected chi connectivity index (χ0v) is 11.0. The van der Waals surface area contributed by atoms with E-state index in [4.69, 9.17) is 17.5 Å². The Hall–Kier alpha value is -0.131. The van der Waals surface area contributed by atoms with Gasteiger partial charge in [0.2, 0.25) is 0 Å². The van der Waals surface area contributed by atoms with Crippen molar-refractivity contribution >= 4 is 10.4 Å². The molecule has 0 aromatic carbocycles. The van der Waals surface area contributed by atoms with Crippen molar-refractivity contribution < 1.29 is 100 Å². The van der Waals surface area contributed by atoms with Crippen molar-refractivity contribution in [2.24, 2.45) is 0 Å². The van der Waals surface area contributed by atoms with Crippen LogP contribution in [0.25, 0.3) is 0 Å². The molecule has 19 heavy (non-hydrogen) atoms. The molecule has 0 heterocycles. The molecule has 0 saturated carbocycles. The van der Waals surface area contributed by atoms with Crippen molar-refractivity contribution in [3.8, 4) is 0 Å². The van der Waals surface area contributed by atoms with Crippen LogP contribution in [0.5, 0.6) is 0 Å². The Bertz CT molecular complexity index is 99.9. The molecule has 0 aromatic heterocycles. The molecule has 0 unspecified atom stereocenters. The Morgan fingerprint density at radius 2 is 0.474 bits per heavy atom. The molecule has 0 saturated heterocycles. The fraction of sp³-hybridized carbons (Fsp3) is 0. The smallest absolute Gasteiger partial charge is 0.759 e. The summed E-state index contributed by atoms with van der Waals surface area (Å²) in [5.74, 6) is 0. The maximum atomic E-state index is 8.52. The van der Waals surface area contributed by atoms with E-state index in [0.717, 1.165) is 0 Å². The van der Waals surface area contributed by atoms with Crippen molar-refractivity contribution in [3.63, 3.8) is 0 Å². The summed E-state index contributed by atoms with van der Waals surface area (Å²) in [6, 6.07) is 0. The van der Waals surface area contributed by atoms with Crippen LogP contribution in [0.4, 0.5) is 0 Å². The van der Waals surface area contributed by atoms with E-state index in [1.807, 2.05) is 0 Å². The molecule has 0 aliphatic rings. The third kappa shape index (κ3) is 264000. The zero-order chi connectivity index (χ0) is 4.50. The van der Waals surface area contributed by atoms with Gasteiger partial charge in [-0.3, -0.25) is 8.42 Å². The van der Waals surface area contributed by atoms with Gasteiger partial charge in [-0.1, -0.05) is 0 Å². The van der Waals surface area contributed by atoms with Crippen molar-refractivity contribution in [1.82, 2.24) is 6.15 Å². The van der Waals surface area contributed by atoms with Gasteiger partial charge in [0.05, 0.1) is 0 Å². The minimum Gasteiger partial charge on any atom is -0.759 e. The van der Waals surface area contributed by atoms with Crippen LogP contribution in [-0.4, -0.2) is 83.2 Å². The Kier molecular flexibility index (Phi) is 3130. The monoisotopic (exact) mass is 385 g/mol. The Labute approximate surface area is 118 Å². The Morgan fingerprint density at radius 1 is 0.474 bits per heavy atom. The molecule has 0 aliphatic heterocycles. The number of rotatable bonds is 0. The fourth-order valence-corrected chi connectivity index (χ4v) is 0. The molecule has 19 heteroatoms. The molecule has 0 bridgehead atoms. The van der Waals surface area contributed by atoms with Crippen molar-refractivity contribution in [1.29, 1.82) is 0 Å². The van der Waals surface area contributed by atoms with Crippen molar-refractivity contribution in [2.75, 3.05) is 0 Å². The minimum atomic E-state index is -5.17. The molecule has 0 amide bonds. The summed E-state index contributed by atoms with van der Waals surface area (Å²) >= 11 is 0. The number of hydrogen-bond acceptors (Lipinski definition) is 5. The summed E-state index contributed by atoms with van der Waals surface area (Å²) in [5.41, 5.74) is 0. The van der Waals surface area contributed by atoms with Gasteiger partial charge in [0.15, 0.2) is 0 Å². The van der Waals surface area contributed by atoms with Gasteiger partial charge in [-0.05, 0) is 0 Å². The molecule has 17 nitrogen and oxygen atoms in total. The van der Waals surface area contributed by atoms with Crippen LogP contribution in [-0.2, 0) is 27.5 Å². The molecule has 0 rings (SSSR count). The first-order chi connectivity index (χ1) is 2.00. The van der Waals surface area contributed by atoms with E-state index in [-0.39, 0.29) is 88.9 Å². The summed E-state index contributed by atoms with van der Waals surface area (Å²) in [5, 5.41) is 0. The van der Waals surface area contributed by atoms with E-state index in [1.54, 1.807) is 0 Å². The standard InChI is InChI=1S/Fe.H3N.H2O4S.12H2O/c;;1-5(2,3)4;;;;;;;;;;;;/h;1H3;(H2,1,2,3,4);12*1H2/q+2;;;;;;;;;;;;;;/p-2. The minimum absolute atomic E-state index is 0. The van der Waals surface area contributed by atoms with E-state index in [9.17, 15) is 0 Å². The van der Waals surface area contributed by atoms with Crippen LogP contribution in [0.3, 0.4) is 0 Å². The van der Waals surface area contributed by atoms with E-state index < -0.39 is 10.4 Å². The molecule has 0 aromatic rings. The summed E-state index contributed by atoms with van der Waals surface area (Å²) < 4.78 is 34.1. The summed E-state index contributed by atoms with van der Waals surface area (Å²) in [7, 11) is -5.17. The molecule has 0 atom stereocenters. The Morgan fingerprint density at radius 3 is 0.474 bits per heavy atom. The summed E-state index contributed by atoms with van der Waals surface area (Å²) in [4.78, 5) is 0. The van der Waals surface area contributed by atoms with Crippen LogP contribution in [0, 0.1) is 0 Å². The Balaban J connectivity index is -0.000000000879. The average molecular weight is 385 g/mol. The normalized spacial score (nSPS) is 3.05. The van der Waals surface area contributed by atoms with Gasteiger partial charge in [0.25, 0.3) is 0 Å². The molecular weight excluding hydrogens is 358 g/mol. The second kappa shape index (κ2) is 148. The van der Waals surface area contributed by atoms with Crippen molar-refractivity contribution in [2.45, 2.75) is 0 Å². The van der Waals surface area contributed by atoms with E-state index >= 15 is 0 Å². The first kappa shape index (κ1) is 402. The van der Waals surface area contributed by atoms with E-state index in [2.05, 4.69) is 0 Å². The zero-order valence-electron chi connectivity index (χ0n) is 9.10. The molecular formula is H27FeNO16S. The molecule has 142 valence electrons. The summed E-state index contributed by atoms with van der Waals surface area (Å²) in [6.45, 7) is 0.